The van der Waals surface area contributed by atoms with Crippen LogP contribution in [0.25, 0.3) is 0 Å². The van der Waals surface area contributed by atoms with Crippen LogP contribution in [0.4, 0.5) is 5.69 Å². The lowest BCUT2D eigenvalue weighted by Crippen LogP contribution is -1.93. The summed E-state index contributed by atoms with van der Waals surface area (Å²) in [5.41, 5.74) is 7.34. The van der Waals surface area contributed by atoms with Crippen molar-refractivity contribution >= 4 is 17.4 Å². The zero-order valence-corrected chi connectivity index (χ0v) is 10.6. The van der Waals surface area contributed by atoms with Crippen LogP contribution in [0, 0.1) is 6.92 Å². The second-order valence-corrected chi connectivity index (χ2v) is 4.54. The molecule has 0 radical (unpaired) electrons. The zero-order valence-electron chi connectivity index (χ0n) is 9.81. The Hall–Kier alpha value is -1.68. The van der Waals surface area contributed by atoms with Crippen LogP contribution in [-0.2, 0) is 0 Å². The fourth-order valence-corrected chi connectivity index (χ4v) is 1.77. The molecular weight excluding hydrogens is 232 g/mol. The molecule has 0 atom stereocenters. The van der Waals surface area contributed by atoms with Crippen LogP contribution in [0.2, 0.25) is 0 Å². The van der Waals surface area contributed by atoms with Crippen LogP contribution < -0.4 is 10.5 Å². The number of nitrogen functional groups attached to an aromatic ring is 1. The van der Waals surface area contributed by atoms with E-state index >= 15 is 0 Å². The van der Waals surface area contributed by atoms with Crippen molar-refractivity contribution in [3.63, 3.8) is 0 Å². The second-order valence-electron chi connectivity index (χ2n) is 3.66. The fraction of sp³-hybridized carbons (Fsp3) is 0.154. The molecule has 1 aromatic heterocycles. The minimum Gasteiger partial charge on any atom is -0.439 e. The third-order valence-electron chi connectivity index (χ3n) is 2.41. The lowest BCUT2D eigenvalue weighted by atomic mass is 10.2. The number of pyridine rings is 1. The molecule has 1 heterocycles. The summed E-state index contributed by atoms with van der Waals surface area (Å²) in [6.45, 7) is 1.93. The summed E-state index contributed by atoms with van der Waals surface area (Å²) in [5, 5.41) is 0. The van der Waals surface area contributed by atoms with Gasteiger partial charge in [0.25, 0.3) is 0 Å². The molecule has 0 fully saturated rings. The number of anilines is 1. The number of aryl methyl sites for hydroxylation is 1. The van der Waals surface area contributed by atoms with E-state index in [0.717, 1.165) is 11.3 Å². The lowest BCUT2D eigenvalue weighted by molar-refractivity contribution is 0.462. The summed E-state index contributed by atoms with van der Waals surface area (Å²) in [4.78, 5) is 5.33. The number of benzene rings is 1. The van der Waals surface area contributed by atoms with Gasteiger partial charge in [-0.25, -0.2) is 4.98 Å². The molecule has 0 saturated carbocycles. The number of rotatable bonds is 3. The number of hydrogen-bond acceptors (Lipinski definition) is 4. The third-order valence-corrected chi connectivity index (χ3v) is 3.15. The van der Waals surface area contributed by atoms with E-state index in [1.54, 1.807) is 18.0 Å². The molecule has 1 aromatic carbocycles. The number of aromatic nitrogens is 1. The topological polar surface area (TPSA) is 48.1 Å². The van der Waals surface area contributed by atoms with Crippen molar-refractivity contribution < 1.29 is 4.74 Å². The van der Waals surface area contributed by atoms with Crippen molar-refractivity contribution in [3.8, 4) is 11.6 Å². The van der Waals surface area contributed by atoms with Gasteiger partial charge in [0.05, 0.1) is 11.9 Å². The monoisotopic (exact) mass is 246 g/mol. The molecule has 0 aliphatic carbocycles. The maximum absolute atomic E-state index is 5.70. The highest BCUT2D eigenvalue weighted by molar-refractivity contribution is 7.98. The average Bonchev–Trinajstić information content (AvgIpc) is 2.35. The normalized spacial score (nSPS) is 10.2. The first-order valence-electron chi connectivity index (χ1n) is 5.23. The number of nitrogens with two attached hydrogens (primary N) is 1. The van der Waals surface area contributed by atoms with Crippen molar-refractivity contribution in [3.05, 3.63) is 42.1 Å². The molecule has 17 heavy (non-hydrogen) atoms. The van der Waals surface area contributed by atoms with Gasteiger partial charge in [-0.2, -0.15) is 0 Å². The smallest absolute Gasteiger partial charge is 0.219 e. The van der Waals surface area contributed by atoms with Gasteiger partial charge in [-0.3, -0.25) is 0 Å². The Bertz CT molecular complexity index is 511. The number of hydrogen-bond donors (Lipinski definition) is 1. The molecule has 3 nitrogen and oxygen atoms in total. The summed E-state index contributed by atoms with van der Waals surface area (Å²) in [6, 6.07) is 9.73. The quantitative estimate of drug-likeness (QED) is 0.842. The van der Waals surface area contributed by atoms with Gasteiger partial charge in [0, 0.05) is 11.0 Å². The maximum Gasteiger partial charge on any atom is 0.219 e. The van der Waals surface area contributed by atoms with Gasteiger partial charge in [-0.05, 0) is 43.0 Å². The molecule has 0 spiro atoms. The number of thioether (sulfide) groups is 1. The van der Waals surface area contributed by atoms with Crippen LogP contribution in [0.5, 0.6) is 11.6 Å². The predicted octanol–water partition coefficient (Wildman–Crippen LogP) is 3.49. The first-order chi connectivity index (χ1) is 8.19. The second kappa shape index (κ2) is 5.10. The summed E-state index contributed by atoms with van der Waals surface area (Å²) in [6.07, 6.45) is 3.65. The first-order valence-corrected chi connectivity index (χ1v) is 6.45. The van der Waals surface area contributed by atoms with Crippen molar-refractivity contribution in [2.45, 2.75) is 11.8 Å². The van der Waals surface area contributed by atoms with Gasteiger partial charge in [0.2, 0.25) is 5.88 Å². The fourth-order valence-electron chi connectivity index (χ4n) is 1.36. The molecule has 2 aromatic rings. The average molecular weight is 246 g/mol. The van der Waals surface area contributed by atoms with Crippen LogP contribution in [0.15, 0.2) is 41.4 Å². The Morgan fingerprint density at radius 2 is 1.94 bits per heavy atom. The van der Waals surface area contributed by atoms with E-state index in [-0.39, 0.29) is 0 Å². The lowest BCUT2D eigenvalue weighted by Gasteiger charge is -2.07. The van der Waals surface area contributed by atoms with Crippen molar-refractivity contribution in [2.75, 3.05) is 12.0 Å². The van der Waals surface area contributed by atoms with E-state index in [9.17, 15) is 0 Å². The molecule has 2 N–H and O–H groups in total. The minimum atomic E-state index is 0.564. The zero-order chi connectivity index (χ0) is 12.3. The van der Waals surface area contributed by atoms with Gasteiger partial charge < -0.3 is 10.5 Å². The highest BCUT2D eigenvalue weighted by atomic mass is 32.2. The van der Waals surface area contributed by atoms with Gasteiger partial charge in [0.15, 0.2) is 0 Å². The largest absolute Gasteiger partial charge is 0.439 e. The van der Waals surface area contributed by atoms with E-state index in [1.165, 1.54) is 4.90 Å². The first kappa shape index (κ1) is 11.8. The van der Waals surface area contributed by atoms with Crippen LogP contribution in [0.1, 0.15) is 5.56 Å². The molecule has 0 saturated heterocycles. The third kappa shape index (κ3) is 2.91. The van der Waals surface area contributed by atoms with E-state index < -0.39 is 0 Å². The Morgan fingerprint density at radius 3 is 2.53 bits per heavy atom. The molecular formula is C13H14N2OS. The van der Waals surface area contributed by atoms with E-state index in [0.29, 0.717) is 11.6 Å². The molecule has 0 aliphatic heterocycles. The van der Waals surface area contributed by atoms with Crippen molar-refractivity contribution in [1.82, 2.24) is 4.98 Å². The molecule has 0 aliphatic rings. The van der Waals surface area contributed by atoms with Gasteiger partial charge in [-0.15, -0.1) is 11.8 Å². The summed E-state index contributed by atoms with van der Waals surface area (Å²) < 4.78 is 5.64. The summed E-state index contributed by atoms with van der Waals surface area (Å²) in [5.74, 6) is 1.34. The van der Waals surface area contributed by atoms with E-state index in [4.69, 9.17) is 10.5 Å². The standard InChI is InChI=1S/C13H14N2OS/c1-9-7-13(15-8-12(9)14)16-10-3-5-11(17-2)6-4-10/h3-8H,14H2,1-2H3. The van der Waals surface area contributed by atoms with Crippen LogP contribution in [-0.4, -0.2) is 11.2 Å². The van der Waals surface area contributed by atoms with Gasteiger partial charge >= 0.3 is 0 Å². The van der Waals surface area contributed by atoms with Crippen LogP contribution >= 0.6 is 11.8 Å². The van der Waals surface area contributed by atoms with Gasteiger partial charge in [0.1, 0.15) is 5.75 Å². The minimum absolute atomic E-state index is 0.564. The molecule has 0 bridgehead atoms. The Kier molecular flexibility index (Phi) is 3.54. The molecule has 88 valence electrons. The SMILES string of the molecule is CSc1ccc(Oc2cc(C)c(N)cn2)cc1. The summed E-state index contributed by atoms with van der Waals surface area (Å²) in [7, 11) is 0. The van der Waals surface area contributed by atoms with Gasteiger partial charge in [-0.1, -0.05) is 0 Å². The molecule has 0 unspecified atom stereocenters. The highest BCUT2D eigenvalue weighted by Crippen LogP contribution is 2.24. The van der Waals surface area contributed by atoms with E-state index in [2.05, 4.69) is 4.98 Å². The van der Waals surface area contributed by atoms with Crippen molar-refractivity contribution in [2.24, 2.45) is 0 Å². The molecule has 2 rings (SSSR count). The Morgan fingerprint density at radius 1 is 1.24 bits per heavy atom. The predicted molar refractivity (Wildman–Crippen MR) is 71.7 cm³/mol. The molecule has 0 amide bonds. The number of nitrogens with zero attached hydrogens (tertiary/aromatic N) is 1. The highest BCUT2D eigenvalue weighted by Gasteiger charge is 2.01. The Labute approximate surface area is 105 Å². The van der Waals surface area contributed by atoms with E-state index in [1.807, 2.05) is 43.5 Å². The maximum atomic E-state index is 5.70. The summed E-state index contributed by atoms with van der Waals surface area (Å²) >= 11 is 1.70. The molecule has 4 heteroatoms. The van der Waals surface area contributed by atoms with Crippen LogP contribution in [0.3, 0.4) is 0 Å². The van der Waals surface area contributed by atoms with Crippen molar-refractivity contribution in [1.29, 1.82) is 0 Å². The number of ether oxygens (including phenoxy) is 1. The Balaban J connectivity index is 2.16.